The molecule has 64 heavy (non-hydrogen) atoms. The van der Waals surface area contributed by atoms with Crippen LogP contribution < -0.4 is 5.32 Å². The first-order chi connectivity index (χ1) is 31.2. The van der Waals surface area contributed by atoms with E-state index in [2.05, 4.69) is 19.2 Å². The Morgan fingerprint density at radius 1 is 0.484 bits per heavy atom. The van der Waals surface area contributed by atoms with E-state index in [9.17, 15) is 40.5 Å². The lowest BCUT2D eigenvalue weighted by atomic mass is 9.98. The van der Waals surface area contributed by atoms with Crippen LogP contribution in [-0.2, 0) is 14.3 Å². The average molecular weight is 916 g/mol. The Balaban J connectivity index is 2.24. The highest BCUT2D eigenvalue weighted by Crippen LogP contribution is 2.23. The molecule has 1 heterocycles. The number of unbranched alkanes of at least 4 members (excludes halogenated alkanes) is 35. The van der Waals surface area contributed by atoms with E-state index in [1.807, 2.05) is 0 Å². The minimum absolute atomic E-state index is 0.267. The molecule has 0 bridgehead atoms. The van der Waals surface area contributed by atoms with Crippen molar-refractivity contribution in [1.82, 2.24) is 5.32 Å². The third kappa shape index (κ3) is 32.0. The highest BCUT2D eigenvalue weighted by atomic mass is 16.7. The Morgan fingerprint density at radius 2 is 0.812 bits per heavy atom. The molecule has 0 spiro atoms. The zero-order valence-corrected chi connectivity index (χ0v) is 41.5. The van der Waals surface area contributed by atoms with Crippen LogP contribution in [0.25, 0.3) is 0 Å². The first-order valence-corrected chi connectivity index (χ1v) is 27.4. The van der Waals surface area contributed by atoms with E-state index in [0.717, 1.165) is 38.5 Å². The Morgan fingerprint density at radius 3 is 1.16 bits per heavy atom. The second-order valence-electron chi connectivity index (χ2n) is 19.7. The van der Waals surface area contributed by atoms with Crippen molar-refractivity contribution >= 4 is 5.91 Å². The molecule has 382 valence electrons. The number of carbonyl (C=O) groups is 1. The van der Waals surface area contributed by atoms with Gasteiger partial charge in [0, 0.05) is 0 Å². The van der Waals surface area contributed by atoms with Crippen molar-refractivity contribution in [3.63, 3.8) is 0 Å². The van der Waals surface area contributed by atoms with E-state index in [4.69, 9.17) is 9.47 Å². The SMILES string of the molecule is CCCCCCCCCCCCCCCCCCCCCCCCCCCCC(O)C(=O)NC(COC1OC(CO)C(O)C(O)C1O)C(O)C(O)CCCCCCCCCCCCC. The number of carbonyl (C=O) groups excluding carboxylic acids is 1. The summed E-state index contributed by atoms with van der Waals surface area (Å²) >= 11 is 0. The lowest BCUT2D eigenvalue weighted by Gasteiger charge is -2.40. The summed E-state index contributed by atoms with van der Waals surface area (Å²) in [4.78, 5) is 13.1. The van der Waals surface area contributed by atoms with Gasteiger partial charge in [-0.05, 0) is 12.8 Å². The van der Waals surface area contributed by atoms with Gasteiger partial charge in [0.25, 0.3) is 0 Å². The molecule has 1 rings (SSSR count). The smallest absolute Gasteiger partial charge is 0.249 e. The molecule has 1 fully saturated rings. The van der Waals surface area contributed by atoms with Crippen LogP contribution in [0.15, 0.2) is 0 Å². The summed E-state index contributed by atoms with van der Waals surface area (Å²) in [6.45, 7) is 3.46. The molecule has 9 unspecified atom stereocenters. The molecule has 0 aromatic carbocycles. The molecule has 0 aromatic rings. The molecule has 0 saturated carbocycles. The third-order valence-corrected chi connectivity index (χ3v) is 13.7. The molecule has 1 aliphatic rings. The maximum atomic E-state index is 13.1. The minimum atomic E-state index is -1.66. The molecule has 0 aliphatic carbocycles. The van der Waals surface area contributed by atoms with Crippen LogP contribution in [0.1, 0.15) is 264 Å². The van der Waals surface area contributed by atoms with Crippen LogP contribution in [0.3, 0.4) is 0 Å². The van der Waals surface area contributed by atoms with Gasteiger partial charge in [-0.3, -0.25) is 4.79 Å². The predicted octanol–water partition coefficient (Wildman–Crippen LogP) is 10.6. The van der Waals surface area contributed by atoms with Crippen LogP contribution >= 0.6 is 0 Å². The van der Waals surface area contributed by atoms with Gasteiger partial charge in [-0.2, -0.15) is 0 Å². The number of aliphatic hydroxyl groups is 7. The molecule has 1 saturated heterocycles. The summed E-state index contributed by atoms with van der Waals surface area (Å²) in [5.74, 6) is -0.692. The monoisotopic (exact) mass is 916 g/mol. The van der Waals surface area contributed by atoms with Crippen LogP contribution in [0.2, 0.25) is 0 Å². The standard InChI is InChI=1S/C53H105NO10/c1-3-5-7-9-11-13-15-16-17-18-19-20-21-22-23-24-25-26-27-28-29-31-33-35-37-39-41-46(57)52(62)54-44(43-63-53-51(61)50(60)49(59)47(42-55)64-53)48(58)45(56)40-38-36-34-32-30-14-12-10-8-6-4-2/h44-51,53,55-61H,3-43H2,1-2H3,(H,54,62). The van der Waals surface area contributed by atoms with Gasteiger partial charge >= 0.3 is 0 Å². The molecule has 9 atom stereocenters. The summed E-state index contributed by atoms with van der Waals surface area (Å²) in [7, 11) is 0. The molecule has 8 N–H and O–H groups in total. The Bertz CT molecular complexity index is 1010. The van der Waals surface area contributed by atoms with Crippen molar-refractivity contribution in [2.75, 3.05) is 13.2 Å². The highest BCUT2D eigenvalue weighted by molar-refractivity contribution is 5.80. The number of hydrogen-bond acceptors (Lipinski definition) is 10. The van der Waals surface area contributed by atoms with Gasteiger partial charge in [0.15, 0.2) is 6.29 Å². The minimum Gasteiger partial charge on any atom is -0.394 e. The van der Waals surface area contributed by atoms with Crippen LogP contribution in [-0.4, -0.2) is 110 Å². The Hall–Kier alpha value is -0.890. The Kier molecular flexibility index (Phi) is 41.4. The average Bonchev–Trinajstić information content (AvgIpc) is 3.29. The van der Waals surface area contributed by atoms with E-state index in [1.54, 1.807) is 0 Å². The number of ether oxygens (including phenoxy) is 2. The topological polar surface area (TPSA) is 189 Å². The first kappa shape index (κ1) is 61.1. The van der Waals surface area contributed by atoms with Crippen molar-refractivity contribution in [2.24, 2.45) is 0 Å². The van der Waals surface area contributed by atoms with Crippen molar-refractivity contribution in [2.45, 2.75) is 319 Å². The molecule has 1 amide bonds. The fraction of sp³-hybridized carbons (Fsp3) is 0.981. The summed E-state index contributed by atoms with van der Waals surface area (Å²) < 4.78 is 11.1. The molecular formula is C53H105NO10. The lowest BCUT2D eigenvalue weighted by molar-refractivity contribution is -0.303. The van der Waals surface area contributed by atoms with Gasteiger partial charge in [0.1, 0.15) is 36.6 Å². The van der Waals surface area contributed by atoms with Crippen molar-refractivity contribution in [3.8, 4) is 0 Å². The second kappa shape index (κ2) is 43.4. The number of amides is 1. The molecule has 0 aromatic heterocycles. The van der Waals surface area contributed by atoms with E-state index in [-0.39, 0.29) is 6.42 Å². The fourth-order valence-electron chi connectivity index (χ4n) is 9.15. The summed E-state index contributed by atoms with van der Waals surface area (Å²) in [6.07, 6.45) is 36.0. The van der Waals surface area contributed by atoms with Crippen molar-refractivity contribution in [3.05, 3.63) is 0 Å². The van der Waals surface area contributed by atoms with Crippen LogP contribution in [0.4, 0.5) is 0 Å². The van der Waals surface area contributed by atoms with E-state index in [0.29, 0.717) is 19.3 Å². The predicted molar refractivity (Wildman–Crippen MR) is 261 cm³/mol. The third-order valence-electron chi connectivity index (χ3n) is 13.7. The largest absolute Gasteiger partial charge is 0.394 e. The van der Waals surface area contributed by atoms with Gasteiger partial charge < -0.3 is 50.5 Å². The van der Waals surface area contributed by atoms with Crippen LogP contribution in [0.5, 0.6) is 0 Å². The van der Waals surface area contributed by atoms with Crippen molar-refractivity contribution in [1.29, 1.82) is 0 Å². The first-order valence-electron chi connectivity index (χ1n) is 27.4. The molecule has 0 radical (unpaired) electrons. The summed E-state index contributed by atoms with van der Waals surface area (Å²) in [5.41, 5.74) is 0. The molecule has 1 aliphatic heterocycles. The van der Waals surface area contributed by atoms with Crippen LogP contribution in [0, 0.1) is 0 Å². The highest BCUT2D eigenvalue weighted by Gasteiger charge is 2.44. The second-order valence-corrected chi connectivity index (χ2v) is 19.7. The normalized spacial score (nSPS) is 20.9. The molecule has 11 heteroatoms. The summed E-state index contributed by atoms with van der Waals surface area (Å²) in [6, 6.07) is -1.16. The van der Waals surface area contributed by atoms with Gasteiger partial charge in [0.05, 0.1) is 25.4 Å². The van der Waals surface area contributed by atoms with Gasteiger partial charge in [0.2, 0.25) is 5.91 Å². The van der Waals surface area contributed by atoms with E-state index < -0.39 is 74.2 Å². The lowest BCUT2D eigenvalue weighted by Crippen LogP contribution is -2.60. The van der Waals surface area contributed by atoms with Crippen molar-refractivity contribution < 1.29 is 50.0 Å². The molecular weight excluding hydrogens is 811 g/mol. The van der Waals surface area contributed by atoms with Gasteiger partial charge in [-0.1, -0.05) is 251 Å². The zero-order chi connectivity index (χ0) is 46.9. The number of hydrogen-bond donors (Lipinski definition) is 8. The molecule has 11 nitrogen and oxygen atoms in total. The van der Waals surface area contributed by atoms with E-state index in [1.165, 1.54) is 186 Å². The summed E-state index contributed by atoms with van der Waals surface area (Å²) in [5, 5.41) is 75.8. The maximum Gasteiger partial charge on any atom is 0.249 e. The van der Waals surface area contributed by atoms with E-state index >= 15 is 0 Å². The number of nitrogens with one attached hydrogen (secondary N) is 1. The quantitative estimate of drug-likeness (QED) is 0.0273. The number of rotatable bonds is 47. The fourth-order valence-corrected chi connectivity index (χ4v) is 9.15. The van der Waals surface area contributed by atoms with Gasteiger partial charge in [-0.25, -0.2) is 0 Å². The number of aliphatic hydroxyl groups excluding tert-OH is 7. The zero-order valence-electron chi connectivity index (χ0n) is 41.5. The van der Waals surface area contributed by atoms with Gasteiger partial charge in [-0.15, -0.1) is 0 Å². The maximum absolute atomic E-state index is 13.1. The Labute approximate surface area is 392 Å².